The normalized spacial score (nSPS) is 17.9. The summed E-state index contributed by atoms with van der Waals surface area (Å²) in [5.41, 5.74) is 0.0136. The lowest BCUT2D eigenvalue weighted by Gasteiger charge is -2.23. The van der Waals surface area contributed by atoms with E-state index in [-0.39, 0.29) is 11.9 Å². The largest absolute Gasteiger partial charge is 0.435 e. The van der Waals surface area contributed by atoms with Crippen molar-refractivity contribution < 1.29 is 18.0 Å². The quantitative estimate of drug-likeness (QED) is 0.934. The Kier molecular flexibility index (Phi) is 4.31. The van der Waals surface area contributed by atoms with E-state index in [2.05, 4.69) is 10.4 Å². The molecule has 1 aliphatic heterocycles. The summed E-state index contributed by atoms with van der Waals surface area (Å²) in [6, 6.07) is 7.46. The van der Waals surface area contributed by atoms with Crippen LogP contribution in [0.5, 0.6) is 0 Å². The lowest BCUT2D eigenvalue weighted by Crippen LogP contribution is -2.38. The first kappa shape index (κ1) is 16.5. The Hall–Kier alpha value is -2.35. The molecule has 0 aliphatic carbocycles. The minimum atomic E-state index is -4.47. The van der Waals surface area contributed by atoms with Gasteiger partial charge in [-0.15, -0.1) is 0 Å². The molecule has 0 saturated carbocycles. The molecule has 1 aliphatic rings. The summed E-state index contributed by atoms with van der Waals surface area (Å²) >= 11 is 0. The second-order valence-corrected chi connectivity index (χ2v) is 5.75. The minimum Gasteiger partial charge on any atom is -0.337 e. The first-order chi connectivity index (χ1) is 11.4. The van der Waals surface area contributed by atoms with Crippen molar-refractivity contribution in [1.82, 2.24) is 20.0 Å². The number of carbonyl (C=O) groups excluding carboxylic acids is 1. The molecule has 1 saturated heterocycles. The Labute approximate surface area is 137 Å². The Bertz CT molecular complexity index is 718. The van der Waals surface area contributed by atoms with Crippen molar-refractivity contribution in [2.75, 3.05) is 20.1 Å². The zero-order chi connectivity index (χ0) is 17.3. The molecule has 8 heteroatoms. The van der Waals surface area contributed by atoms with Gasteiger partial charge in [0, 0.05) is 31.4 Å². The van der Waals surface area contributed by atoms with Crippen LogP contribution in [0.4, 0.5) is 13.2 Å². The first-order valence-electron chi connectivity index (χ1n) is 7.57. The van der Waals surface area contributed by atoms with Gasteiger partial charge in [0.05, 0.1) is 5.69 Å². The molecule has 1 N–H and O–H groups in total. The van der Waals surface area contributed by atoms with Crippen molar-refractivity contribution in [2.45, 2.75) is 18.6 Å². The van der Waals surface area contributed by atoms with Gasteiger partial charge in [0.1, 0.15) is 0 Å². The molecule has 2 aromatic rings. The second-order valence-electron chi connectivity index (χ2n) is 5.75. The summed E-state index contributed by atoms with van der Waals surface area (Å²) < 4.78 is 38.9. The maximum Gasteiger partial charge on any atom is 0.435 e. The molecular weight excluding hydrogens is 321 g/mol. The van der Waals surface area contributed by atoms with E-state index >= 15 is 0 Å². The highest BCUT2D eigenvalue weighted by atomic mass is 19.4. The third-order valence-electron chi connectivity index (χ3n) is 4.16. The van der Waals surface area contributed by atoms with E-state index < -0.39 is 11.9 Å². The summed E-state index contributed by atoms with van der Waals surface area (Å²) in [7, 11) is 1.76. The number of benzene rings is 1. The molecule has 1 fully saturated rings. The lowest BCUT2D eigenvalue weighted by atomic mass is 10.1. The molecule has 3 rings (SSSR count). The number of likely N-dealkylation sites (N-methyl/N-ethyl adjacent to an activating group) is 1. The molecule has 1 aromatic carbocycles. The smallest absolute Gasteiger partial charge is 0.337 e. The summed E-state index contributed by atoms with van der Waals surface area (Å²) in [6.45, 7) is 1.66. The van der Waals surface area contributed by atoms with Crippen LogP contribution in [0.3, 0.4) is 0 Å². The second kappa shape index (κ2) is 6.27. The number of carbonyl (C=O) groups is 1. The topological polar surface area (TPSA) is 50.2 Å². The van der Waals surface area contributed by atoms with Crippen LogP contribution in [0.1, 0.15) is 22.5 Å². The predicted octanol–water partition coefficient (Wildman–Crippen LogP) is 2.33. The molecule has 0 bridgehead atoms. The maximum absolute atomic E-state index is 12.6. The highest BCUT2D eigenvalue weighted by molar-refractivity contribution is 5.94. The van der Waals surface area contributed by atoms with Gasteiger partial charge in [-0.05, 0) is 43.3 Å². The van der Waals surface area contributed by atoms with Gasteiger partial charge in [0.2, 0.25) is 0 Å². The van der Waals surface area contributed by atoms with Gasteiger partial charge in [-0.2, -0.15) is 18.3 Å². The van der Waals surface area contributed by atoms with Crippen LogP contribution in [0.25, 0.3) is 5.69 Å². The van der Waals surface area contributed by atoms with E-state index in [1.54, 1.807) is 36.2 Å². The number of nitrogens with one attached hydrogen (secondary N) is 1. The SMILES string of the molecule is CN(C(=O)c1ccc(-n2ccc(C(F)(F)F)n2)cc1)C1CCNC1. The van der Waals surface area contributed by atoms with Crippen LogP contribution in [0, 0.1) is 0 Å². The zero-order valence-corrected chi connectivity index (χ0v) is 13.0. The lowest BCUT2D eigenvalue weighted by molar-refractivity contribution is -0.141. The van der Waals surface area contributed by atoms with Crippen molar-refractivity contribution >= 4 is 5.91 Å². The third-order valence-corrected chi connectivity index (χ3v) is 4.16. The van der Waals surface area contributed by atoms with Gasteiger partial charge in [-0.1, -0.05) is 0 Å². The molecule has 2 heterocycles. The van der Waals surface area contributed by atoms with E-state index in [1.165, 1.54) is 6.20 Å². The number of rotatable bonds is 3. The van der Waals surface area contributed by atoms with Crippen molar-refractivity contribution in [1.29, 1.82) is 0 Å². The standard InChI is InChI=1S/C16H17F3N4O/c1-22(13-6-8-20-10-13)15(24)11-2-4-12(5-3-11)23-9-7-14(21-23)16(17,18)19/h2-5,7,9,13,20H,6,8,10H2,1H3. The molecule has 0 radical (unpaired) electrons. The molecule has 128 valence electrons. The Morgan fingerprint density at radius 2 is 2.00 bits per heavy atom. The van der Waals surface area contributed by atoms with Gasteiger partial charge in [0.15, 0.2) is 5.69 Å². The van der Waals surface area contributed by atoms with Gasteiger partial charge >= 0.3 is 6.18 Å². The third kappa shape index (κ3) is 3.28. The van der Waals surface area contributed by atoms with E-state index in [0.29, 0.717) is 11.3 Å². The van der Waals surface area contributed by atoms with Gasteiger partial charge in [-0.3, -0.25) is 4.79 Å². The molecule has 5 nitrogen and oxygen atoms in total. The summed E-state index contributed by atoms with van der Waals surface area (Å²) in [5.74, 6) is -0.105. The van der Waals surface area contributed by atoms with E-state index in [0.717, 1.165) is 30.3 Å². The number of hydrogen-bond acceptors (Lipinski definition) is 3. The van der Waals surface area contributed by atoms with Gasteiger partial charge in [-0.25, -0.2) is 4.68 Å². The molecular formula is C16H17F3N4O. The summed E-state index contributed by atoms with van der Waals surface area (Å²) in [4.78, 5) is 14.1. The van der Waals surface area contributed by atoms with Crippen molar-refractivity contribution in [2.24, 2.45) is 0 Å². The summed E-state index contributed by atoms with van der Waals surface area (Å²) in [6.07, 6.45) is -2.32. The van der Waals surface area contributed by atoms with Crippen LogP contribution in [0.15, 0.2) is 36.5 Å². The number of aromatic nitrogens is 2. The van der Waals surface area contributed by atoms with E-state index in [4.69, 9.17) is 0 Å². The number of amides is 1. The number of hydrogen-bond donors (Lipinski definition) is 1. The molecule has 24 heavy (non-hydrogen) atoms. The van der Waals surface area contributed by atoms with Crippen molar-refractivity contribution in [3.8, 4) is 5.69 Å². The molecule has 1 aromatic heterocycles. The summed E-state index contributed by atoms with van der Waals surface area (Å²) in [5, 5.41) is 6.72. The fourth-order valence-electron chi connectivity index (χ4n) is 2.72. The minimum absolute atomic E-state index is 0.105. The highest BCUT2D eigenvalue weighted by Crippen LogP contribution is 2.27. The van der Waals surface area contributed by atoms with Crippen LogP contribution in [-0.2, 0) is 6.18 Å². The van der Waals surface area contributed by atoms with Crippen LogP contribution in [0.2, 0.25) is 0 Å². The first-order valence-corrected chi connectivity index (χ1v) is 7.57. The van der Waals surface area contributed by atoms with Gasteiger partial charge < -0.3 is 10.2 Å². The number of alkyl halides is 3. The number of halogens is 3. The molecule has 1 unspecified atom stereocenters. The monoisotopic (exact) mass is 338 g/mol. The van der Waals surface area contributed by atoms with Crippen molar-refractivity contribution in [3.63, 3.8) is 0 Å². The fraction of sp³-hybridized carbons (Fsp3) is 0.375. The number of nitrogens with zero attached hydrogens (tertiary/aromatic N) is 3. The van der Waals surface area contributed by atoms with Crippen molar-refractivity contribution in [3.05, 3.63) is 47.8 Å². The highest BCUT2D eigenvalue weighted by Gasteiger charge is 2.33. The van der Waals surface area contributed by atoms with Crippen LogP contribution >= 0.6 is 0 Å². The Morgan fingerprint density at radius 1 is 1.29 bits per heavy atom. The molecule has 1 atom stereocenters. The van der Waals surface area contributed by atoms with E-state index in [9.17, 15) is 18.0 Å². The average molecular weight is 338 g/mol. The molecule has 0 spiro atoms. The van der Waals surface area contributed by atoms with E-state index in [1.807, 2.05) is 0 Å². The molecule has 1 amide bonds. The zero-order valence-electron chi connectivity index (χ0n) is 13.0. The average Bonchev–Trinajstić information content (AvgIpc) is 3.24. The van der Waals surface area contributed by atoms with Crippen LogP contribution in [-0.4, -0.2) is 46.8 Å². The predicted molar refractivity (Wildman–Crippen MR) is 81.9 cm³/mol. The maximum atomic E-state index is 12.6. The Balaban J connectivity index is 1.75. The van der Waals surface area contributed by atoms with Gasteiger partial charge in [0.25, 0.3) is 5.91 Å². The Morgan fingerprint density at radius 3 is 2.54 bits per heavy atom. The van der Waals surface area contributed by atoms with Crippen LogP contribution < -0.4 is 5.32 Å². The fourth-order valence-corrected chi connectivity index (χ4v) is 2.72.